The fourth-order valence-electron chi connectivity index (χ4n) is 6.01. The molecule has 5 rings (SSSR count). The molecule has 10 nitrogen and oxygen atoms in total. The quantitative estimate of drug-likeness (QED) is 0.325. The Balaban J connectivity index is 1.41. The molecule has 0 spiro atoms. The van der Waals surface area contributed by atoms with E-state index in [2.05, 4.69) is 10.6 Å². The van der Waals surface area contributed by atoms with E-state index < -0.39 is 35.7 Å². The number of imide groups is 1. The maximum Gasteiger partial charge on any atom is 0.326 e. The summed E-state index contributed by atoms with van der Waals surface area (Å²) in [6.45, 7) is 4.88. The average molecular weight is 619 g/mol. The van der Waals surface area contributed by atoms with Gasteiger partial charge in [-0.2, -0.15) is 0 Å². The molecule has 2 heterocycles. The number of carbonyl (C=O) groups is 3. The van der Waals surface area contributed by atoms with Gasteiger partial charge in [-0.1, -0.05) is 30.3 Å². The van der Waals surface area contributed by atoms with Gasteiger partial charge < -0.3 is 30.1 Å². The number of rotatable bonds is 8. The largest absolute Gasteiger partial charge is 0.496 e. The number of aliphatic hydroxyl groups excluding tert-OH is 1. The van der Waals surface area contributed by atoms with Crippen LogP contribution in [0.15, 0.2) is 48.5 Å². The van der Waals surface area contributed by atoms with Crippen LogP contribution >= 0.6 is 0 Å². The van der Waals surface area contributed by atoms with Gasteiger partial charge in [-0.05, 0) is 71.8 Å². The normalized spacial score (nSPS) is 20.4. The standard InChI is InChI=1S/C34H39FN4O6/c1-19-22(21-14-27(35)25(31(15-21)44-5)16-36-29-18-45-13-12-30(29)40)8-6-9-23(19)24-10-7-11-28(20(24)2)37-32(41)26-17-38(3)34(43)39(4)33(26)42/h6-11,14-15,26,29-30,36,40H,12-13,16-18H2,1-5H3,(H,37,41)/t26?,29-,30-/m0/s1. The van der Waals surface area contributed by atoms with Gasteiger partial charge in [-0.3, -0.25) is 14.5 Å². The van der Waals surface area contributed by atoms with Crippen LogP contribution in [0.5, 0.6) is 5.75 Å². The second kappa shape index (κ2) is 13.4. The zero-order valence-corrected chi connectivity index (χ0v) is 26.1. The zero-order valence-electron chi connectivity index (χ0n) is 26.1. The van der Waals surface area contributed by atoms with Crippen LogP contribution in [-0.2, 0) is 20.9 Å². The highest BCUT2D eigenvalue weighted by atomic mass is 19.1. The van der Waals surface area contributed by atoms with Crippen molar-refractivity contribution >= 4 is 23.5 Å². The van der Waals surface area contributed by atoms with Crippen LogP contribution in [0.25, 0.3) is 22.3 Å². The lowest BCUT2D eigenvalue weighted by molar-refractivity contribution is -0.140. The Kier molecular flexibility index (Phi) is 9.52. The van der Waals surface area contributed by atoms with E-state index in [4.69, 9.17) is 9.47 Å². The summed E-state index contributed by atoms with van der Waals surface area (Å²) in [6.07, 6.45) is -0.0328. The number of halogens is 1. The first-order valence-corrected chi connectivity index (χ1v) is 14.9. The van der Waals surface area contributed by atoms with E-state index in [1.807, 2.05) is 50.2 Å². The van der Waals surface area contributed by atoms with E-state index in [0.717, 1.165) is 32.7 Å². The van der Waals surface area contributed by atoms with E-state index in [-0.39, 0.29) is 19.1 Å². The predicted octanol–water partition coefficient (Wildman–Crippen LogP) is 4.10. The molecule has 238 valence electrons. The maximum absolute atomic E-state index is 15.6. The van der Waals surface area contributed by atoms with Crippen molar-refractivity contribution in [3.8, 4) is 28.0 Å². The Morgan fingerprint density at radius 3 is 2.47 bits per heavy atom. The molecule has 2 aliphatic rings. The Morgan fingerprint density at radius 2 is 1.76 bits per heavy atom. The van der Waals surface area contributed by atoms with Gasteiger partial charge >= 0.3 is 6.03 Å². The first-order chi connectivity index (χ1) is 21.5. The molecule has 3 aromatic carbocycles. The molecule has 4 amide bonds. The first kappa shape index (κ1) is 32.1. The summed E-state index contributed by atoms with van der Waals surface area (Å²) in [5.74, 6) is -2.08. The smallest absolute Gasteiger partial charge is 0.326 e. The summed E-state index contributed by atoms with van der Waals surface area (Å²) in [5.41, 5.74) is 5.85. The lowest BCUT2D eigenvalue weighted by Gasteiger charge is -2.33. The molecule has 3 aromatic rings. The number of hydrogen-bond acceptors (Lipinski definition) is 7. The second-order valence-corrected chi connectivity index (χ2v) is 11.6. The number of methoxy groups -OCH3 is 1. The molecule has 0 aromatic heterocycles. The van der Waals surface area contributed by atoms with E-state index >= 15 is 4.39 Å². The Hall–Kier alpha value is -4.32. The summed E-state index contributed by atoms with van der Waals surface area (Å²) >= 11 is 0. The van der Waals surface area contributed by atoms with Crippen molar-refractivity contribution in [3.05, 3.63) is 71.0 Å². The molecule has 3 atom stereocenters. The summed E-state index contributed by atoms with van der Waals surface area (Å²) in [5, 5.41) is 16.3. The minimum Gasteiger partial charge on any atom is -0.496 e. The van der Waals surface area contributed by atoms with Gasteiger partial charge in [0.25, 0.3) is 0 Å². The fourth-order valence-corrected chi connectivity index (χ4v) is 6.01. The lowest BCUT2D eigenvalue weighted by Crippen LogP contribution is -2.56. The van der Waals surface area contributed by atoms with Crippen LogP contribution in [0.3, 0.4) is 0 Å². The van der Waals surface area contributed by atoms with Gasteiger partial charge in [0.2, 0.25) is 11.8 Å². The van der Waals surface area contributed by atoms with Crippen LogP contribution < -0.4 is 15.4 Å². The van der Waals surface area contributed by atoms with Gasteiger partial charge in [-0.15, -0.1) is 0 Å². The number of anilines is 1. The summed E-state index contributed by atoms with van der Waals surface area (Å²) < 4.78 is 26.6. The second-order valence-electron chi connectivity index (χ2n) is 11.6. The van der Waals surface area contributed by atoms with Crippen LogP contribution in [-0.4, -0.2) is 85.9 Å². The van der Waals surface area contributed by atoms with Crippen molar-refractivity contribution in [1.29, 1.82) is 0 Å². The molecule has 0 aliphatic carbocycles. The van der Waals surface area contributed by atoms with Gasteiger partial charge in [0.05, 0.1) is 25.9 Å². The maximum atomic E-state index is 15.6. The SMILES string of the molecule is COc1cc(-c2cccc(-c3cccc(NC(=O)C4CN(C)C(=O)N(C)C4=O)c3C)c2C)cc(F)c1CN[C@H]1COCC[C@@H]1O. The first-order valence-electron chi connectivity index (χ1n) is 14.9. The number of carbonyl (C=O) groups excluding carboxylic acids is 3. The number of nitrogens with zero attached hydrogens (tertiary/aromatic N) is 2. The molecule has 2 fully saturated rings. The van der Waals surface area contributed by atoms with Crippen LogP contribution in [0.1, 0.15) is 23.1 Å². The number of urea groups is 1. The van der Waals surface area contributed by atoms with E-state index in [0.29, 0.717) is 42.2 Å². The van der Waals surface area contributed by atoms with Crippen LogP contribution in [0.4, 0.5) is 14.9 Å². The summed E-state index contributed by atoms with van der Waals surface area (Å²) in [7, 11) is 4.42. The fraction of sp³-hybridized carbons (Fsp3) is 0.382. The third kappa shape index (κ3) is 6.42. The molecule has 1 unspecified atom stereocenters. The van der Waals surface area contributed by atoms with E-state index in [1.54, 1.807) is 13.1 Å². The third-order valence-corrected chi connectivity index (χ3v) is 8.78. The van der Waals surface area contributed by atoms with E-state index in [9.17, 15) is 19.5 Å². The summed E-state index contributed by atoms with van der Waals surface area (Å²) in [4.78, 5) is 40.3. The van der Waals surface area contributed by atoms with Crippen molar-refractivity contribution in [2.45, 2.75) is 39.0 Å². The number of amides is 4. The average Bonchev–Trinajstić information content (AvgIpc) is 3.02. The third-order valence-electron chi connectivity index (χ3n) is 8.78. The van der Waals surface area contributed by atoms with Gasteiger partial charge in [-0.25, -0.2) is 9.18 Å². The molecule has 45 heavy (non-hydrogen) atoms. The zero-order chi connectivity index (χ0) is 32.4. The number of aliphatic hydroxyl groups is 1. The number of nitrogens with one attached hydrogen (secondary N) is 2. The van der Waals surface area contributed by atoms with Gasteiger partial charge in [0.15, 0.2) is 0 Å². The monoisotopic (exact) mass is 618 g/mol. The summed E-state index contributed by atoms with van der Waals surface area (Å²) in [6, 6.07) is 13.9. The van der Waals surface area contributed by atoms with Crippen molar-refractivity contribution < 1.29 is 33.4 Å². The topological polar surface area (TPSA) is 120 Å². The Morgan fingerprint density at radius 1 is 1.07 bits per heavy atom. The molecule has 11 heteroatoms. The van der Waals surface area contributed by atoms with Crippen molar-refractivity contribution in [1.82, 2.24) is 15.1 Å². The van der Waals surface area contributed by atoms with E-state index in [1.165, 1.54) is 25.1 Å². The van der Waals surface area contributed by atoms with Crippen molar-refractivity contribution in [3.63, 3.8) is 0 Å². The Bertz CT molecular complexity index is 1630. The lowest BCUT2D eigenvalue weighted by atomic mass is 9.90. The predicted molar refractivity (Wildman–Crippen MR) is 168 cm³/mol. The highest BCUT2D eigenvalue weighted by Gasteiger charge is 2.39. The minimum atomic E-state index is -1.02. The van der Waals surface area contributed by atoms with Crippen molar-refractivity contribution in [2.75, 3.05) is 46.3 Å². The highest BCUT2D eigenvalue weighted by molar-refractivity contribution is 6.12. The molecular formula is C34H39FN4O6. The van der Waals surface area contributed by atoms with Gasteiger partial charge in [0.1, 0.15) is 17.5 Å². The molecule has 3 N–H and O–H groups in total. The molecule has 2 saturated heterocycles. The number of hydrogen-bond donors (Lipinski definition) is 3. The number of benzene rings is 3. The molecule has 0 bridgehead atoms. The van der Waals surface area contributed by atoms with Gasteiger partial charge in [0, 0.05) is 45.0 Å². The Labute approximate surface area is 262 Å². The molecule has 0 saturated carbocycles. The minimum absolute atomic E-state index is 0.000440. The highest BCUT2D eigenvalue weighted by Crippen LogP contribution is 2.38. The number of ether oxygens (including phenoxy) is 2. The van der Waals surface area contributed by atoms with Crippen LogP contribution in [0.2, 0.25) is 0 Å². The molecule has 0 radical (unpaired) electrons. The van der Waals surface area contributed by atoms with Crippen LogP contribution in [0, 0.1) is 25.6 Å². The molecular weight excluding hydrogens is 579 g/mol. The van der Waals surface area contributed by atoms with Crippen molar-refractivity contribution in [2.24, 2.45) is 5.92 Å². The molecule has 2 aliphatic heterocycles.